The Morgan fingerprint density at radius 1 is 0.500 bits per heavy atom. The van der Waals surface area contributed by atoms with Gasteiger partial charge in [0.2, 0.25) is 0 Å². The van der Waals surface area contributed by atoms with Crippen LogP contribution in [0.2, 0.25) is 0 Å². The highest BCUT2D eigenvalue weighted by Gasteiger charge is 2.25. The summed E-state index contributed by atoms with van der Waals surface area (Å²) in [7, 11) is 0. The summed E-state index contributed by atoms with van der Waals surface area (Å²) in [5.74, 6) is 0. The Bertz CT molecular complexity index is 2290. The largest absolute Gasteiger partial charge is 0.345 e. The van der Waals surface area contributed by atoms with Crippen molar-refractivity contribution >= 4 is 33.4 Å². The maximum Gasteiger partial charge on any atom is 0.0488 e. The van der Waals surface area contributed by atoms with Crippen LogP contribution >= 0.6 is 0 Å². The third-order valence-corrected chi connectivity index (χ3v) is 9.72. The number of benzene rings is 6. The fourth-order valence-corrected chi connectivity index (χ4v) is 7.50. The molecule has 0 atom stereocenters. The molecule has 8 rings (SSSR count). The monoisotopic (exact) mass is 618 g/mol. The first-order valence-electron chi connectivity index (χ1n) is 16.8. The van der Waals surface area contributed by atoms with Crippen LogP contribution in [0, 0.1) is 6.92 Å². The minimum absolute atomic E-state index is 0.942. The fourth-order valence-electron chi connectivity index (χ4n) is 7.50. The second kappa shape index (κ2) is 12.4. The lowest BCUT2D eigenvalue weighted by molar-refractivity contribution is 0.768. The zero-order valence-corrected chi connectivity index (χ0v) is 27.7. The summed E-state index contributed by atoms with van der Waals surface area (Å²) in [6, 6.07) is 52.4. The standard InChI is InChI=1S/C46H38N2/c1-4-48-33(3)39(38-27-17-18-28-42(38)48)29-32(2)47-30-40-41(31-47)44(35-21-11-6-12-22-35)46(37-25-15-8-16-26-37)45(36-23-13-7-14-24-36)43(40)34-19-9-5-10-20-34/h5-31H,4H2,1-3H3/b32-29+. The van der Waals surface area contributed by atoms with Gasteiger partial charge in [0.1, 0.15) is 0 Å². The summed E-state index contributed by atoms with van der Waals surface area (Å²) in [6.45, 7) is 7.65. The molecule has 0 unspecified atom stereocenters. The molecule has 0 radical (unpaired) electrons. The first-order valence-corrected chi connectivity index (χ1v) is 16.8. The number of para-hydroxylation sites is 1. The van der Waals surface area contributed by atoms with Crippen LogP contribution in [0.1, 0.15) is 25.1 Å². The van der Waals surface area contributed by atoms with Crippen LogP contribution in [0.5, 0.6) is 0 Å². The molecule has 0 aliphatic carbocycles. The van der Waals surface area contributed by atoms with Crippen molar-refractivity contribution in [2.45, 2.75) is 27.3 Å². The van der Waals surface area contributed by atoms with Gasteiger partial charge < -0.3 is 9.13 Å². The van der Waals surface area contributed by atoms with Gasteiger partial charge in [0.25, 0.3) is 0 Å². The number of hydrogen-bond donors (Lipinski definition) is 0. The number of aryl methyl sites for hydroxylation is 1. The van der Waals surface area contributed by atoms with E-state index in [4.69, 9.17) is 0 Å². The first kappa shape index (κ1) is 29.5. The molecule has 0 spiro atoms. The predicted octanol–water partition coefficient (Wildman–Crippen LogP) is 12.6. The van der Waals surface area contributed by atoms with Gasteiger partial charge in [-0.05, 0) is 77.4 Å². The Hall–Kier alpha value is -5.86. The van der Waals surface area contributed by atoms with Crippen molar-refractivity contribution in [3.63, 3.8) is 0 Å². The summed E-state index contributed by atoms with van der Waals surface area (Å²) < 4.78 is 4.75. The third kappa shape index (κ3) is 4.98. The van der Waals surface area contributed by atoms with Crippen molar-refractivity contribution in [3.8, 4) is 44.5 Å². The van der Waals surface area contributed by atoms with Crippen LogP contribution in [-0.4, -0.2) is 9.13 Å². The van der Waals surface area contributed by atoms with Crippen LogP contribution in [0.15, 0.2) is 158 Å². The molecule has 232 valence electrons. The average Bonchev–Trinajstić information content (AvgIpc) is 3.71. The Labute approximate surface area is 282 Å². The summed E-state index contributed by atoms with van der Waals surface area (Å²) in [5, 5.41) is 3.76. The van der Waals surface area contributed by atoms with Crippen LogP contribution in [0.25, 0.3) is 78.0 Å². The zero-order valence-electron chi connectivity index (χ0n) is 27.7. The topological polar surface area (TPSA) is 9.86 Å². The molecule has 0 N–H and O–H groups in total. The summed E-state index contributed by atoms with van der Waals surface area (Å²) in [5.41, 5.74) is 14.9. The van der Waals surface area contributed by atoms with E-state index in [1.807, 2.05) is 0 Å². The van der Waals surface area contributed by atoms with E-state index < -0.39 is 0 Å². The molecule has 0 fully saturated rings. The second-order valence-corrected chi connectivity index (χ2v) is 12.5. The van der Waals surface area contributed by atoms with Gasteiger partial charge >= 0.3 is 0 Å². The lowest BCUT2D eigenvalue weighted by Crippen LogP contribution is -1.96. The molecule has 0 bridgehead atoms. The number of hydrogen-bond acceptors (Lipinski definition) is 0. The van der Waals surface area contributed by atoms with Gasteiger partial charge in [-0.15, -0.1) is 0 Å². The minimum Gasteiger partial charge on any atom is -0.345 e. The van der Waals surface area contributed by atoms with Gasteiger partial charge in [0.15, 0.2) is 0 Å². The van der Waals surface area contributed by atoms with Gasteiger partial charge in [-0.1, -0.05) is 140 Å². The molecular weight excluding hydrogens is 581 g/mol. The summed E-state index contributed by atoms with van der Waals surface area (Å²) in [4.78, 5) is 0. The van der Waals surface area contributed by atoms with E-state index in [1.54, 1.807) is 0 Å². The second-order valence-electron chi connectivity index (χ2n) is 12.5. The van der Waals surface area contributed by atoms with E-state index >= 15 is 0 Å². The van der Waals surface area contributed by atoms with Crippen molar-refractivity contribution in [2.75, 3.05) is 0 Å². The molecule has 2 aromatic heterocycles. The molecular formula is C46H38N2. The zero-order chi connectivity index (χ0) is 32.6. The number of fused-ring (bicyclic) bond motifs is 2. The average molecular weight is 619 g/mol. The van der Waals surface area contributed by atoms with Gasteiger partial charge in [0, 0.05) is 57.6 Å². The van der Waals surface area contributed by atoms with Crippen LogP contribution in [0.4, 0.5) is 0 Å². The Balaban J connectivity index is 1.51. The first-order chi connectivity index (χ1) is 23.6. The van der Waals surface area contributed by atoms with Gasteiger partial charge in [0.05, 0.1) is 0 Å². The quantitative estimate of drug-likeness (QED) is 0.168. The fraction of sp³-hybridized carbons (Fsp3) is 0.0870. The van der Waals surface area contributed by atoms with Crippen LogP contribution in [-0.2, 0) is 6.54 Å². The van der Waals surface area contributed by atoms with Crippen molar-refractivity contribution in [2.24, 2.45) is 0 Å². The van der Waals surface area contributed by atoms with Crippen molar-refractivity contribution in [3.05, 3.63) is 169 Å². The Kier molecular flexibility index (Phi) is 7.62. The van der Waals surface area contributed by atoms with E-state index in [9.17, 15) is 0 Å². The molecule has 0 aliphatic heterocycles. The molecule has 0 amide bonds. The number of nitrogens with zero attached hydrogens (tertiary/aromatic N) is 2. The molecule has 0 saturated carbocycles. The highest BCUT2D eigenvalue weighted by molar-refractivity contribution is 6.18. The van der Waals surface area contributed by atoms with Gasteiger partial charge in [-0.3, -0.25) is 0 Å². The molecule has 48 heavy (non-hydrogen) atoms. The highest BCUT2D eigenvalue weighted by Crippen LogP contribution is 2.51. The van der Waals surface area contributed by atoms with Crippen LogP contribution < -0.4 is 0 Å². The third-order valence-electron chi connectivity index (χ3n) is 9.72. The molecule has 2 heteroatoms. The van der Waals surface area contributed by atoms with E-state index in [2.05, 4.69) is 194 Å². The summed E-state index contributed by atoms with van der Waals surface area (Å²) in [6.07, 6.45) is 7.07. The minimum atomic E-state index is 0.942. The van der Waals surface area contributed by atoms with Crippen molar-refractivity contribution < 1.29 is 0 Å². The van der Waals surface area contributed by atoms with Crippen molar-refractivity contribution in [1.29, 1.82) is 0 Å². The Morgan fingerprint density at radius 2 is 0.896 bits per heavy atom. The lowest BCUT2D eigenvalue weighted by atomic mass is 9.80. The maximum absolute atomic E-state index is 2.42. The number of aromatic nitrogens is 2. The summed E-state index contributed by atoms with van der Waals surface area (Å²) >= 11 is 0. The Morgan fingerprint density at radius 3 is 1.33 bits per heavy atom. The van der Waals surface area contributed by atoms with Gasteiger partial charge in [-0.25, -0.2) is 0 Å². The normalized spacial score (nSPS) is 11.9. The maximum atomic E-state index is 2.42. The van der Waals surface area contributed by atoms with Crippen LogP contribution in [0.3, 0.4) is 0 Å². The molecule has 0 aliphatic rings. The van der Waals surface area contributed by atoms with E-state index in [0.29, 0.717) is 0 Å². The molecule has 6 aromatic carbocycles. The molecule has 0 saturated heterocycles. The van der Waals surface area contributed by atoms with E-state index in [-0.39, 0.29) is 0 Å². The molecule has 8 aromatic rings. The SMILES string of the molecule is CCn1c(C)c(/C=C(\C)n2cc3c(-c4ccccc4)c(-c4ccccc4)c(-c4ccccc4)c(-c4ccccc4)c3c2)c2ccccc21. The van der Waals surface area contributed by atoms with E-state index in [1.165, 1.54) is 83.1 Å². The van der Waals surface area contributed by atoms with Gasteiger partial charge in [-0.2, -0.15) is 0 Å². The molecule has 2 nitrogen and oxygen atoms in total. The predicted molar refractivity (Wildman–Crippen MR) is 206 cm³/mol. The smallest absolute Gasteiger partial charge is 0.0488 e. The van der Waals surface area contributed by atoms with Crippen molar-refractivity contribution in [1.82, 2.24) is 9.13 Å². The highest BCUT2D eigenvalue weighted by atomic mass is 15.0. The number of rotatable bonds is 7. The van der Waals surface area contributed by atoms with E-state index in [0.717, 1.165) is 6.54 Å². The number of allylic oxidation sites excluding steroid dienone is 1. The molecule has 2 heterocycles. The lowest BCUT2D eigenvalue weighted by Gasteiger charge is -2.22.